The van der Waals surface area contributed by atoms with Crippen LogP contribution in [-0.4, -0.2) is 16.8 Å². The van der Waals surface area contributed by atoms with Crippen molar-refractivity contribution in [2.75, 3.05) is 6.54 Å². The van der Waals surface area contributed by atoms with Gasteiger partial charge in [-0.2, -0.15) is 0 Å². The van der Waals surface area contributed by atoms with Crippen LogP contribution in [0.1, 0.15) is 5.56 Å². The zero-order chi connectivity index (χ0) is 11.0. The van der Waals surface area contributed by atoms with E-state index in [1.807, 2.05) is 24.4 Å². The number of hydrogen-bond acceptors (Lipinski definition) is 2. The van der Waals surface area contributed by atoms with Gasteiger partial charge in [0.15, 0.2) is 0 Å². The Morgan fingerprint density at radius 2 is 2.19 bits per heavy atom. The lowest BCUT2D eigenvalue weighted by molar-refractivity contribution is 0.262. The first-order valence-corrected chi connectivity index (χ1v) is 5.87. The normalized spacial score (nSPS) is 18.2. The van der Waals surface area contributed by atoms with Crippen LogP contribution in [0.3, 0.4) is 0 Å². The highest BCUT2D eigenvalue weighted by molar-refractivity contribution is 8.17. The highest BCUT2D eigenvalue weighted by Gasteiger charge is 2.15. The first-order chi connectivity index (χ1) is 7.83. The second-order valence-corrected chi connectivity index (χ2v) is 4.74. The van der Waals surface area contributed by atoms with Crippen molar-refractivity contribution in [3.8, 4) is 0 Å². The van der Waals surface area contributed by atoms with Crippen LogP contribution in [0.5, 0.6) is 0 Å². The summed E-state index contributed by atoms with van der Waals surface area (Å²) >= 11 is 1.27. The number of benzene rings is 1. The Labute approximate surface area is 96.9 Å². The summed E-state index contributed by atoms with van der Waals surface area (Å²) in [5.41, 5.74) is 2.26. The van der Waals surface area contributed by atoms with Gasteiger partial charge in [0.05, 0.1) is 6.54 Å². The van der Waals surface area contributed by atoms with Crippen molar-refractivity contribution < 1.29 is 4.79 Å². The van der Waals surface area contributed by atoms with Gasteiger partial charge in [0.1, 0.15) is 0 Å². The number of nitrogens with one attached hydrogen (secondary N) is 2. The second kappa shape index (κ2) is 3.72. The topological polar surface area (TPSA) is 44.9 Å². The standard InChI is InChI=1S/C12H10N2OS/c15-12-14-7-9(16-12)5-8-6-13-11-4-2-1-3-10(8)11/h1-6,13H,7H2,(H,14,15). The molecular formula is C12H10N2OS. The Hall–Kier alpha value is -1.68. The fourth-order valence-electron chi connectivity index (χ4n) is 1.82. The van der Waals surface area contributed by atoms with Crippen LogP contribution in [0.15, 0.2) is 35.4 Å². The van der Waals surface area contributed by atoms with E-state index < -0.39 is 0 Å². The van der Waals surface area contributed by atoms with Crippen LogP contribution in [0.25, 0.3) is 17.0 Å². The molecule has 0 spiro atoms. The number of H-pyrrole nitrogens is 1. The minimum Gasteiger partial charge on any atom is -0.361 e. The summed E-state index contributed by atoms with van der Waals surface area (Å²) in [6.07, 6.45) is 4.03. The summed E-state index contributed by atoms with van der Waals surface area (Å²) in [4.78, 5) is 15.3. The van der Waals surface area contributed by atoms with Crippen LogP contribution >= 0.6 is 11.8 Å². The van der Waals surface area contributed by atoms with Gasteiger partial charge in [-0.05, 0) is 23.9 Å². The fraction of sp³-hybridized carbons (Fsp3) is 0.0833. The fourth-order valence-corrected chi connectivity index (χ4v) is 2.53. The number of hydrogen-bond donors (Lipinski definition) is 2. The second-order valence-electron chi connectivity index (χ2n) is 3.64. The lowest BCUT2D eigenvalue weighted by atomic mass is 10.1. The van der Waals surface area contributed by atoms with Gasteiger partial charge in [-0.15, -0.1) is 0 Å². The first kappa shape index (κ1) is 9.54. The molecule has 4 heteroatoms. The Morgan fingerprint density at radius 1 is 1.31 bits per heavy atom. The molecule has 1 aliphatic heterocycles. The van der Waals surface area contributed by atoms with Crippen molar-refractivity contribution in [2.24, 2.45) is 0 Å². The van der Waals surface area contributed by atoms with Crippen LogP contribution in [0.4, 0.5) is 4.79 Å². The van der Waals surface area contributed by atoms with E-state index in [0.717, 1.165) is 16.0 Å². The van der Waals surface area contributed by atoms with Crippen LogP contribution in [0.2, 0.25) is 0 Å². The van der Waals surface area contributed by atoms with Crippen molar-refractivity contribution in [1.29, 1.82) is 0 Å². The molecule has 3 nitrogen and oxygen atoms in total. The van der Waals surface area contributed by atoms with Crippen molar-refractivity contribution in [1.82, 2.24) is 10.3 Å². The number of aromatic nitrogens is 1. The zero-order valence-electron chi connectivity index (χ0n) is 8.49. The van der Waals surface area contributed by atoms with Gasteiger partial charge in [0.25, 0.3) is 5.24 Å². The Morgan fingerprint density at radius 3 is 3.00 bits per heavy atom. The SMILES string of the molecule is O=C1NCC(=Cc2c[nH]c3ccccc23)S1. The van der Waals surface area contributed by atoms with Crippen LogP contribution < -0.4 is 5.32 Å². The molecule has 2 heterocycles. The number of aromatic amines is 1. The summed E-state index contributed by atoms with van der Waals surface area (Å²) < 4.78 is 0. The maximum atomic E-state index is 11.0. The highest BCUT2D eigenvalue weighted by atomic mass is 32.2. The molecule has 1 amide bonds. The van der Waals surface area contributed by atoms with Gasteiger partial charge in [-0.25, -0.2) is 0 Å². The molecule has 0 atom stereocenters. The molecule has 1 fully saturated rings. The van der Waals surface area contributed by atoms with E-state index in [9.17, 15) is 4.79 Å². The van der Waals surface area contributed by atoms with E-state index in [4.69, 9.17) is 0 Å². The Balaban J connectivity index is 2.04. The number of fused-ring (bicyclic) bond motifs is 1. The van der Waals surface area contributed by atoms with Gasteiger partial charge < -0.3 is 10.3 Å². The van der Waals surface area contributed by atoms with E-state index in [1.165, 1.54) is 17.1 Å². The molecule has 16 heavy (non-hydrogen) atoms. The molecule has 2 aromatic rings. The molecular weight excluding hydrogens is 220 g/mol. The first-order valence-electron chi connectivity index (χ1n) is 5.05. The van der Waals surface area contributed by atoms with Gasteiger partial charge in [-0.3, -0.25) is 4.79 Å². The molecule has 1 aromatic carbocycles. The number of para-hydroxylation sites is 1. The van der Waals surface area contributed by atoms with Gasteiger partial charge in [0, 0.05) is 27.6 Å². The Bertz CT molecular complexity index is 585. The minimum absolute atomic E-state index is 0.0334. The predicted octanol–water partition coefficient (Wildman–Crippen LogP) is 2.97. The minimum atomic E-state index is 0.0334. The number of carbonyl (C=O) groups excluding carboxylic acids is 1. The molecule has 0 saturated carbocycles. The highest BCUT2D eigenvalue weighted by Crippen LogP contribution is 2.27. The summed E-state index contributed by atoms with van der Waals surface area (Å²) in [7, 11) is 0. The van der Waals surface area contributed by atoms with Gasteiger partial charge in [-0.1, -0.05) is 18.2 Å². The summed E-state index contributed by atoms with van der Waals surface area (Å²) in [5.74, 6) is 0. The zero-order valence-corrected chi connectivity index (χ0v) is 9.30. The number of thioether (sulfide) groups is 1. The number of amides is 1. The molecule has 1 saturated heterocycles. The van der Waals surface area contributed by atoms with E-state index in [2.05, 4.69) is 22.4 Å². The average molecular weight is 230 g/mol. The van der Waals surface area contributed by atoms with Crippen molar-refractivity contribution in [2.45, 2.75) is 0 Å². The van der Waals surface area contributed by atoms with E-state index in [0.29, 0.717) is 6.54 Å². The third-order valence-corrected chi connectivity index (χ3v) is 3.42. The molecule has 1 aliphatic rings. The molecule has 0 aliphatic carbocycles. The van der Waals surface area contributed by atoms with E-state index in [-0.39, 0.29) is 5.24 Å². The van der Waals surface area contributed by atoms with Crippen molar-refractivity contribution >= 4 is 34.0 Å². The maximum absolute atomic E-state index is 11.0. The molecule has 0 radical (unpaired) electrons. The van der Waals surface area contributed by atoms with Crippen LogP contribution in [0, 0.1) is 0 Å². The third-order valence-electron chi connectivity index (χ3n) is 2.57. The number of rotatable bonds is 1. The number of carbonyl (C=O) groups is 1. The predicted molar refractivity (Wildman–Crippen MR) is 67.3 cm³/mol. The smallest absolute Gasteiger partial charge is 0.283 e. The maximum Gasteiger partial charge on any atom is 0.283 e. The van der Waals surface area contributed by atoms with Crippen molar-refractivity contribution in [3.05, 3.63) is 40.9 Å². The van der Waals surface area contributed by atoms with E-state index >= 15 is 0 Å². The van der Waals surface area contributed by atoms with Crippen LogP contribution in [-0.2, 0) is 0 Å². The molecule has 3 rings (SSSR count). The van der Waals surface area contributed by atoms with Gasteiger partial charge in [0.2, 0.25) is 0 Å². The third kappa shape index (κ3) is 1.61. The summed E-state index contributed by atoms with van der Waals surface area (Å²) in [6.45, 7) is 0.642. The lowest BCUT2D eigenvalue weighted by Gasteiger charge is -1.93. The largest absolute Gasteiger partial charge is 0.361 e. The molecule has 2 N–H and O–H groups in total. The molecule has 0 bridgehead atoms. The quantitative estimate of drug-likeness (QED) is 0.791. The molecule has 1 aromatic heterocycles. The van der Waals surface area contributed by atoms with Gasteiger partial charge >= 0.3 is 0 Å². The summed E-state index contributed by atoms with van der Waals surface area (Å²) in [6, 6.07) is 8.14. The lowest BCUT2D eigenvalue weighted by Crippen LogP contribution is -2.09. The molecule has 80 valence electrons. The molecule has 0 unspecified atom stereocenters. The monoisotopic (exact) mass is 230 g/mol. The average Bonchev–Trinajstić information content (AvgIpc) is 2.87. The van der Waals surface area contributed by atoms with E-state index in [1.54, 1.807) is 0 Å². The van der Waals surface area contributed by atoms with Crippen molar-refractivity contribution in [3.63, 3.8) is 0 Å². The summed E-state index contributed by atoms with van der Waals surface area (Å²) in [5, 5.41) is 4.00. The Kier molecular flexibility index (Phi) is 2.22.